The summed E-state index contributed by atoms with van der Waals surface area (Å²) >= 11 is 0. The third-order valence-corrected chi connectivity index (χ3v) is 1.34. The van der Waals surface area contributed by atoms with Crippen molar-refractivity contribution in [1.29, 1.82) is 2.86 Å². The van der Waals surface area contributed by atoms with Crippen LogP contribution < -0.4 is 5.31 Å². The number of likely N-dealkylation sites (N-methyl/N-ethyl adjacent to an activating group) is 1. The Balaban J connectivity index is 3.16. The summed E-state index contributed by atoms with van der Waals surface area (Å²) in [5.41, 5.74) is 0.0799. The molecule has 0 saturated heterocycles. The number of aliphatic hydroxyl groups is 1. The molecule has 0 aliphatic carbocycles. The van der Waals surface area contributed by atoms with E-state index < -0.39 is 19.6 Å². The molecule has 1 aromatic carbocycles. The van der Waals surface area contributed by atoms with Crippen LogP contribution in [0, 0.1) is 0 Å². The zero-order chi connectivity index (χ0) is 15.6. The highest BCUT2D eigenvalue weighted by Crippen LogP contribution is 2.17. The molecule has 0 spiro atoms. The summed E-state index contributed by atoms with van der Waals surface area (Å²) in [6, 6.07) is 5.48. The second kappa shape index (κ2) is 4.09. The van der Waals surface area contributed by atoms with Crippen molar-refractivity contribution in [2.24, 2.45) is 0 Å². The summed E-state index contributed by atoms with van der Waals surface area (Å²) in [5, 5.41) is 8.26. The first-order valence-corrected chi connectivity index (χ1v) is 3.29. The van der Waals surface area contributed by atoms with E-state index in [2.05, 4.69) is 10.2 Å². The van der Waals surface area contributed by atoms with Crippen molar-refractivity contribution in [3.05, 3.63) is 29.8 Å². The molecule has 66 valence electrons. The van der Waals surface area contributed by atoms with Gasteiger partial charge in [0, 0.05) is 13.4 Å². The van der Waals surface area contributed by atoms with Gasteiger partial charge >= 0.3 is 0 Å². The van der Waals surface area contributed by atoms with E-state index >= 15 is 0 Å². The molecule has 3 heteroatoms. The van der Waals surface area contributed by atoms with Gasteiger partial charge in [-0.2, -0.15) is 0 Å². The van der Waals surface area contributed by atoms with Gasteiger partial charge in [-0.3, -0.25) is 0 Å². The number of benzene rings is 1. The van der Waals surface area contributed by atoms with Gasteiger partial charge in [-0.25, -0.2) is 0 Å². The monoisotopic (exact) mass is 175 g/mol. The van der Waals surface area contributed by atoms with Crippen molar-refractivity contribution >= 4 is 0 Å². The Morgan fingerprint density at radius 3 is 3.67 bits per heavy atom. The zero-order valence-electron chi connectivity index (χ0n) is 14.2. The van der Waals surface area contributed by atoms with Crippen molar-refractivity contribution < 1.29 is 18.5 Å². The predicted octanol–water partition coefficient (Wildman–Crippen LogP) is 0.645. The quantitative estimate of drug-likeness (QED) is 0.615. The van der Waals surface area contributed by atoms with Gasteiger partial charge in [0.1, 0.15) is 7.16 Å². The second-order valence-corrected chi connectivity index (χ2v) is 2.19. The minimum atomic E-state index is -3.01. The molecular formula is C9H13NO2. The van der Waals surface area contributed by atoms with Gasteiger partial charge in [0.05, 0.1) is 6.10 Å². The van der Waals surface area contributed by atoms with Crippen LogP contribution in [0.2, 0.25) is 1.41 Å². The molecular weight excluding hydrogens is 154 g/mol. The van der Waals surface area contributed by atoms with Crippen molar-refractivity contribution in [3.8, 4) is 5.75 Å². The normalized spacial score (nSPS) is 24.8. The lowest BCUT2D eigenvalue weighted by Gasteiger charge is -2.09. The van der Waals surface area contributed by atoms with Crippen molar-refractivity contribution in [3.63, 3.8) is 0 Å². The molecule has 1 aromatic rings. The third kappa shape index (κ3) is 2.22. The van der Waals surface area contributed by atoms with Crippen LogP contribution in [-0.2, 0) is 0 Å². The first kappa shape index (κ1) is 3.01. The summed E-state index contributed by atoms with van der Waals surface area (Å²) in [6.07, 6.45) is -1.66. The van der Waals surface area contributed by atoms with Crippen LogP contribution in [-0.4, -0.2) is 26.6 Å². The number of phenolic OH excluding ortho intramolecular Hbond substituents is 1. The lowest BCUT2D eigenvalue weighted by atomic mass is 10.1. The smallest absolute Gasteiger partial charge is 0.293 e. The van der Waals surface area contributed by atoms with Gasteiger partial charge in [0.25, 0.3) is 1.43 Å². The van der Waals surface area contributed by atoms with E-state index in [1.54, 1.807) is 0 Å². The molecule has 0 aliphatic heterocycles. The molecule has 0 saturated carbocycles. The summed E-state index contributed by atoms with van der Waals surface area (Å²) in [7, 11) is 0. The maximum Gasteiger partial charge on any atom is 0.293 e. The number of nitrogens with one attached hydrogen (secondary N) is 1. The van der Waals surface area contributed by atoms with E-state index in [1.807, 2.05) is 0 Å². The molecule has 0 fully saturated rings. The van der Waals surface area contributed by atoms with Crippen LogP contribution in [0.25, 0.3) is 0 Å². The molecule has 0 radical (unpaired) electrons. The lowest BCUT2D eigenvalue weighted by molar-refractivity contribution is 0.177. The molecule has 0 aromatic heterocycles. The van der Waals surface area contributed by atoms with E-state index in [1.165, 1.54) is 24.3 Å². The number of aliphatic hydroxyl groups excluding tert-OH is 1. The fourth-order valence-electron chi connectivity index (χ4n) is 0.811. The Morgan fingerprint density at radius 2 is 2.92 bits per heavy atom. The molecule has 1 rings (SSSR count). The second-order valence-electron chi connectivity index (χ2n) is 2.19. The molecule has 0 bridgehead atoms. The van der Waals surface area contributed by atoms with Crippen LogP contribution in [0.15, 0.2) is 24.3 Å². The Kier molecular flexibility index (Phi) is 1.03. The SMILES string of the molecule is [2H]Oc1cccc([C@@H](O[2H])C([2H])([2H])N([2H])C([2H])([2H])[2H])c1. The maximum atomic E-state index is 7.72. The van der Waals surface area contributed by atoms with Gasteiger partial charge in [-0.1, -0.05) is 12.1 Å². The Bertz CT molecular complexity index is 452. The fourth-order valence-corrected chi connectivity index (χ4v) is 0.811. The third-order valence-electron chi connectivity index (χ3n) is 1.34. The zero-order valence-corrected chi connectivity index (χ0v) is 6.15. The van der Waals surface area contributed by atoms with E-state index in [9.17, 15) is 0 Å². The van der Waals surface area contributed by atoms with E-state index in [0.29, 0.717) is 0 Å². The lowest BCUT2D eigenvalue weighted by Crippen LogP contribution is -2.16. The summed E-state index contributed by atoms with van der Waals surface area (Å²) in [6.45, 7) is -5.79. The molecule has 0 unspecified atom stereocenters. The average molecular weight is 175 g/mol. The van der Waals surface area contributed by atoms with Crippen molar-refractivity contribution in [2.45, 2.75) is 6.10 Å². The predicted molar refractivity (Wildman–Crippen MR) is 47.0 cm³/mol. The molecule has 1 atom stereocenters. The first-order chi connectivity index (χ1) is 9.14. The molecule has 0 aliphatic rings. The van der Waals surface area contributed by atoms with Gasteiger partial charge in [-0.15, -0.1) is 0 Å². The number of rotatable bonds is 5. The van der Waals surface area contributed by atoms with Gasteiger partial charge in [0.15, 0.2) is 0 Å². The summed E-state index contributed by atoms with van der Waals surface area (Å²) < 4.78 is 57.7. The van der Waals surface area contributed by atoms with Crippen LogP contribution in [0.5, 0.6) is 5.75 Å². The van der Waals surface area contributed by atoms with E-state index in [4.69, 9.17) is 11.1 Å². The van der Waals surface area contributed by atoms with Gasteiger partial charge < -0.3 is 15.5 Å². The molecule has 12 heavy (non-hydrogen) atoms. The van der Waals surface area contributed by atoms with Gasteiger partial charge in [0.2, 0.25) is 1.43 Å². The van der Waals surface area contributed by atoms with Crippen molar-refractivity contribution in [1.82, 2.24) is 5.31 Å². The average Bonchev–Trinajstić information content (AvgIpc) is 2.37. The number of aromatic hydroxyl groups is 1. The first-order valence-electron chi connectivity index (χ1n) is 7.05. The minimum absolute atomic E-state index is 0.0748. The van der Waals surface area contributed by atoms with Crippen LogP contribution in [0.3, 0.4) is 0 Å². The van der Waals surface area contributed by atoms with Crippen LogP contribution in [0.1, 0.15) is 18.5 Å². The molecule has 3 nitrogen and oxygen atoms in total. The highest BCUT2D eigenvalue weighted by atomic mass is 16.3. The highest BCUT2D eigenvalue weighted by molar-refractivity contribution is 5.28. The minimum Gasteiger partial charge on any atom is -0.508 e. The highest BCUT2D eigenvalue weighted by Gasteiger charge is 2.05. The molecule has 0 amide bonds. The fraction of sp³-hybridized carbons (Fsp3) is 0.333. The molecule has 3 N–H and O–H groups in total. The van der Waals surface area contributed by atoms with Crippen LogP contribution in [0.4, 0.5) is 0 Å². The van der Waals surface area contributed by atoms with Crippen molar-refractivity contribution in [2.75, 3.05) is 13.5 Å². The Labute approximate surface area is 83.1 Å². The standard InChI is InChI=1S/C9H13NO2/c1-10-6-9(12)7-3-2-4-8(11)5-7/h2-5,9-12H,6H2,1H3/t9-/m0/s1/i1D3,6D2,12D/hD2. The number of hydrogen-bond acceptors (Lipinski definition) is 3. The number of hydrogen-bond donors (Lipinski definition) is 3. The molecule has 0 heterocycles. The largest absolute Gasteiger partial charge is 0.508 e. The summed E-state index contributed by atoms with van der Waals surface area (Å²) in [5.74, 6) is 0.0748. The Morgan fingerprint density at radius 1 is 1.92 bits per heavy atom. The van der Waals surface area contributed by atoms with E-state index in [0.717, 1.165) is 0 Å². The summed E-state index contributed by atoms with van der Waals surface area (Å²) in [4.78, 5) is 0. The Hall–Kier alpha value is -1.06. The maximum absolute atomic E-state index is 7.72. The topological polar surface area (TPSA) is 52.5 Å². The van der Waals surface area contributed by atoms with E-state index in [-0.39, 0.29) is 16.6 Å². The van der Waals surface area contributed by atoms with Gasteiger partial charge in [-0.05, 0) is 24.7 Å². The van der Waals surface area contributed by atoms with Crippen LogP contribution >= 0.6 is 0 Å². The number of phenols is 1.